The normalized spacial score (nSPS) is 17.2. The molecule has 2 aliphatic rings. The van der Waals surface area contributed by atoms with Crippen LogP contribution in [0.5, 0.6) is 0 Å². The number of piperidine rings is 1. The molecule has 0 saturated carbocycles. The number of aromatic nitrogens is 2. The van der Waals surface area contributed by atoms with Gasteiger partial charge in [-0.25, -0.2) is 10.8 Å². The van der Waals surface area contributed by atoms with Crippen LogP contribution in [0.25, 0.3) is 22.3 Å². The van der Waals surface area contributed by atoms with Crippen LogP contribution in [-0.4, -0.2) is 63.6 Å². The zero-order valence-corrected chi connectivity index (χ0v) is 25.9. The average molecular weight is 592 g/mol. The van der Waals surface area contributed by atoms with Gasteiger partial charge in [0, 0.05) is 60.2 Å². The highest BCUT2D eigenvalue weighted by Crippen LogP contribution is 2.38. The monoisotopic (exact) mass is 591 g/mol. The predicted molar refractivity (Wildman–Crippen MR) is 169 cm³/mol. The quantitative estimate of drug-likeness (QED) is 0.129. The molecule has 3 aromatic rings. The van der Waals surface area contributed by atoms with Gasteiger partial charge in [-0.15, -0.1) is 0 Å². The molecule has 0 aliphatic carbocycles. The zero-order chi connectivity index (χ0) is 31.4. The molecule has 7 N–H and O–H groups in total. The number of likely N-dealkylation sites (tertiary alicyclic amines) is 1. The van der Waals surface area contributed by atoms with Gasteiger partial charge in [-0.3, -0.25) is 9.69 Å². The number of aryl methyl sites for hydroxylation is 2. The summed E-state index contributed by atoms with van der Waals surface area (Å²) in [5, 5.41) is 12.9. The van der Waals surface area contributed by atoms with Crippen LogP contribution in [-0.2, 0) is 29.2 Å². The van der Waals surface area contributed by atoms with E-state index < -0.39 is 6.10 Å². The fourth-order valence-electron chi connectivity index (χ4n) is 6.01. The molecule has 11 nitrogen and oxygen atoms in total. The Morgan fingerprint density at radius 1 is 1.23 bits per heavy atom. The van der Waals surface area contributed by atoms with Crippen molar-refractivity contribution in [1.29, 1.82) is 0 Å². The Hall–Kier alpha value is -3.61. The minimum atomic E-state index is -1.45. The number of pyridine rings is 2. The molecule has 11 heteroatoms. The van der Waals surface area contributed by atoms with E-state index in [-0.39, 0.29) is 35.9 Å². The van der Waals surface area contributed by atoms with Crippen molar-refractivity contribution in [1.82, 2.24) is 19.5 Å². The van der Waals surface area contributed by atoms with Crippen molar-refractivity contribution in [3.8, 4) is 11.4 Å². The summed E-state index contributed by atoms with van der Waals surface area (Å²) in [4.78, 5) is 32.3. The van der Waals surface area contributed by atoms with Gasteiger partial charge in [-0.1, -0.05) is 13.8 Å². The molecule has 0 radical (unpaired) electrons. The van der Waals surface area contributed by atoms with E-state index in [0.29, 0.717) is 36.5 Å². The van der Waals surface area contributed by atoms with E-state index in [1.165, 1.54) is 7.11 Å². The summed E-state index contributed by atoms with van der Waals surface area (Å²) in [6, 6.07) is 5.96. The number of aliphatic hydroxyl groups excluding tert-OH is 1. The molecule has 43 heavy (non-hydrogen) atoms. The van der Waals surface area contributed by atoms with Gasteiger partial charge in [0.2, 0.25) is 0 Å². The number of rotatable bonds is 9. The first kappa shape index (κ1) is 32.3. The lowest BCUT2D eigenvalue weighted by molar-refractivity contribution is -0.115. The molecule has 2 aromatic heterocycles. The van der Waals surface area contributed by atoms with Crippen LogP contribution >= 0.6 is 0 Å². The number of ether oxygens (including phenoxy) is 1. The molecule has 1 saturated heterocycles. The first-order valence-corrected chi connectivity index (χ1v) is 14.9. The first-order valence-electron chi connectivity index (χ1n) is 14.9. The molecule has 2 unspecified atom stereocenters. The lowest BCUT2D eigenvalue weighted by Crippen LogP contribution is -2.44. The number of aldehydes is 1. The maximum Gasteiger partial charge on any atom is 0.257 e. The molecule has 1 fully saturated rings. The standard InChI is InChI=1S/C30H39N7O4.C2H6/c1-17-7-21-23(13-36(33)12-20(32)11-35-6-4-5-19(31)10-35)24-14-37-27(29(24)34-26(21)8-18(17)2)9-22(28(39)15-38)25(16-41-3)30(37)40;1-2/h7-9,12,15,19,28,39H,4-6,10-11,13-14,16,31-33H2,1-3H3;1-2H3/b20-12-;. The van der Waals surface area contributed by atoms with Gasteiger partial charge in [0.1, 0.15) is 6.10 Å². The number of aliphatic hydroxyl groups is 1. The smallest absolute Gasteiger partial charge is 0.257 e. The molecule has 2 aliphatic heterocycles. The number of benzene rings is 1. The summed E-state index contributed by atoms with van der Waals surface area (Å²) in [5.41, 5.74) is 19.3. The van der Waals surface area contributed by atoms with E-state index in [2.05, 4.69) is 17.9 Å². The zero-order valence-electron chi connectivity index (χ0n) is 25.9. The Labute approximate surface area is 252 Å². The molecular weight excluding hydrogens is 546 g/mol. The fraction of sp³-hybridized carbons (Fsp3) is 0.469. The van der Waals surface area contributed by atoms with Gasteiger partial charge < -0.3 is 35.7 Å². The van der Waals surface area contributed by atoms with E-state index in [1.807, 2.05) is 26.8 Å². The minimum Gasteiger partial charge on any atom is -0.400 e. The second kappa shape index (κ2) is 13.8. The van der Waals surface area contributed by atoms with E-state index in [9.17, 15) is 14.7 Å². The van der Waals surface area contributed by atoms with E-state index in [4.69, 9.17) is 27.0 Å². The molecule has 0 bridgehead atoms. The number of hydrogen-bond donors (Lipinski definition) is 4. The molecule has 2 atom stereocenters. The van der Waals surface area contributed by atoms with Crippen LogP contribution in [0.2, 0.25) is 0 Å². The van der Waals surface area contributed by atoms with Gasteiger partial charge in [0.25, 0.3) is 5.56 Å². The molecule has 4 heterocycles. The number of fused-ring (bicyclic) bond motifs is 4. The fourth-order valence-corrected chi connectivity index (χ4v) is 6.01. The molecular formula is C32H45N7O4. The van der Waals surface area contributed by atoms with E-state index in [0.717, 1.165) is 59.1 Å². The van der Waals surface area contributed by atoms with Gasteiger partial charge >= 0.3 is 0 Å². The van der Waals surface area contributed by atoms with E-state index in [1.54, 1.807) is 21.8 Å². The maximum atomic E-state index is 13.6. The highest BCUT2D eigenvalue weighted by atomic mass is 16.5. The molecule has 0 spiro atoms. The average Bonchev–Trinajstić information content (AvgIpc) is 3.34. The largest absolute Gasteiger partial charge is 0.400 e. The number of carbonyl (C=O) groups excluding carboxylic acids is 1. The van der Waals surface area contributed by atoms with Crippen molar-refractivity contribution in [3.63, 3.8) is 0 Å². The predicted octanol–water partition coefficient (Wildman–Crippen LogP) is 2.35. The van der Waals surface area contributed by atoms with Crippen molar-refractivity contribution < 1.29 is 14.6 Å². The minimum absolute atomic E-state index is 0.0289. The summed E-state index contributed by atoms with van der Waals surface area (Å²) >= 11 is 0. The first-order chi connectivity index (χ1) is 20.6. The summed E-state index contributed by atoms with van der Waals surface area (Å²) in [5.74, 6) is 6.53. The van der Waals surface area contributed by atoms with Gasteiger partial charge in [-0.2, -0.15) is 0 Å². The van der Waals surface area contributed by atoms with E-state index >= 15 is 0 Å². The Bertz CT molecular complexity index is 1580. The highest BCUT2D eigenvalue weighted by Gasteiger charge is 2.30. The third-order valence-corrected chi connectivity index (χ3v) is 8.17. The van der Waals surface area contributed by atoms with Gasteiger partial charge in [-0.05, 0) is 68.1 Å². The van der Waals surface area contributed by atoms with Crippen molar-refractivity contribution >= 4 is 17.2 Å². The third-order valence-electron chi connectivity index (χ3n) is 8.17. The number of hydrogen-bond acceptors (Lipinski definition) is 10. The van der Waals surface area contributed by atoms with Crippen molar-refractivity contribution in [2.75, 3.05) is 26.7 Å². The topological polar surface area (TPSA) is 166 Å². The van der Waals surface area contributed by atoms with Crippen LogP contribution in [0, 0.1) is 13.8 Å². The molecule has 232 valence electrons. The number of carbonyl (C=O) groups is 1. The Balaban J connectivity index is 0.00000207. The summed E-state index contributed by atoms with van der Waals surface area (Å²) in [6.07, 6.45) is 2.79. The van der Waals surface area contributed by atoms with Crippen LogP contribution in [0.4, 0.5) is 0 Å². The lowest BCUT2D eigenvalue weighted by Gasteiger charge is -2.31. The third kappa shape index (κ3) is 6.66. The molecule has 5 rings (SSSR count). The SMILES string of the molecule is CC.COCc1c(C(O)C=O)cc2n(c1=O)Cc1c-2nc2cc(C)c(C)cc2c1CN(N)/C=C(\N)CN1CCCC(N)C1. The number of methoxy groups -OCH3 is 1. The number of hydrazine groups is 1. The Morgan fingerprint density at radius 3 is 2.63 bits per heavy atom. The highest BCUT2D eigenvalue weighted by molar-refractivity contribution is 5.89. The van der Waals surface area contributed by atoms with Crippen LogP contribution < -0.4 is 22.9 Å². The summed E-state index contributed by atoms with van der Waals surface area (Å²) < 4.78 is 6.86. The summed E-state index contributed by atoms with van der Waals surface area (Å²) in [6.45, 7) is 11.0. The van der Waals surface area contributed by atoms with Crippen molar-refractivity contribution in [2.24, 2.45) is 17.3 Å². The summed E-state index contributed by atoms with van der Waals surface area (Å²) in [7, 11) is 1.47. The number of nitrogens with zero attached hydrogens (tertiary/aromatic N) is 4. The Morgan fingerprint density at radius 2 is 1.95 bits per heavy atom. The van der Waals surface area contributed by atoms with Gasteiger partial charge in [0.05, 0.1) is 36.6 Å². The second-order valence-corrected chi connectivity index (χ2v) is 11.3. The Kier molecular flexibility index (Phi) is 10.4. The van der Waals surface area contributed by atoms with Crippen LogP contribution in [0.1, 0.15) is 66.2 Å². The second-order valence-electron chi connectivity index (χ2n) is 11.3. The molecule has 0 amide bonds. The molecule has 1 aromatic carbocycles. The van der Waals surface area contributed by atoms with Crippen LogP contribution in [0.3, 0.4) is 0 Å². The maximum absolute atomic E-state index is 13.6. The number of nitrogens with two attached hydrogens (primary N) is 3. The lowest BCUT2D eigenvalue weighted by atomic mass is 9.96. The van der Waals surface area contributed by atoms with Crippen molar-refractivity contribution in [2.45, 2.75) is 72.4 Å². The van der Waals surface area contributed by atoms with Crippen LogP contribution in [0.15, 0.2) is 34.9 Å². The van der Waals surface area contributed by atoms with Crippen molar-refractivity contribution in [3.05, 3.63) is 73.8 Å². The van der Waals surface area contributed by atoms with Gasteiger partial charge in [0.15, 0.2) is 6.29 Å².